The van der Waals surface area contributed by atoms with E-state index < -0.39 is 6.10 Å². The molecule has 2 aromatic carbocycles. The topological polar surface area (TPSA) is 64.3 Å². The molecule has 1 atom stereocenters. The lowest BCUT2D eigenvalue weighted by Crippen LogP contribution is -2.30. The van der Waals surface area contributed by atoms with Gasteiger partial charge in [0.1, 0.15) is 5.75 Å². The average molecular weight is 254 g/mol. The van der Waals surface area contributed by atoms with Gasteiger partial charge < -0.3 is 15.8 Å². The van der Waals surface area contributed by atoms with Gasteiger partial charge >= 0.3 is 0 Å². The molecule has 3 N–H and O–H groups in total. The molecule has 4 nitrogen and oxygen atoms in total. The number of fused-ring (bicyclic) bond motifs is 1. The van der Waals surface area contributed by atoms with Crippen LogP contribution in [-0.4, -0.2) is 5.91 Å². The highest BCUT2D eigenvalue weighted by Crippen LogP contribution is 2.35. The minimum atomic E-state index is -0.600. The van der Waals surface area contributed by atoms with Gasteiger partial charge in [-0.2, -0.15) is 0 Å². The first-order chi connectivity index (χ1) is 9.28. The maximum absolute atomic E-state index is 12.1. The summed E-state index contributed by atoms with van der Waals surface area (Å²) in [6.45, 7) is 0.436. The summed E-state index contributed by atoms with van der Waals surface area (Å²) in [5.74, 6) is 0.513. The van der Waals surface area contributed by atoms with E-state index in [0.29, 0.717) is 18.0 Å². The molecule has 0 saturated carbocycles. The Morgan fingerprint density at radius 3 is 2.68 bits per heavy atom. The molecule has 3 rings (SSSR count). The van der Waals surface area contributed by atoms with Gasteiger partial charge in [0.15, 0.2) is 0 Å². The van der Waals surface area contributed by atoms with Crippen molar-refractivity contribution in [1.29, 1.82) is 0 Å². The number of rotatable bonds is 2. The van der Waals surface area contributed by atoms with Gasteiger partial charge in [0, 0.05) is 12.1 Å². The van der Waals surface area contributed by atoms with E-state index in [4.69, 9.17) is 10.5 Å². The second-order valence-electron chi connectivity index (χ2n) is 4.43. The number of nitrogens with one attached hydrogen (secondary N) is 1. The minimum Gasteiger partial charge on any atom is -0.474 e. The first-order valence-corrected chi connectivity index (χ1v) is 6.13. The van der Waals surface area contributed by atoms with Gasteiger partial charge in [0.25, 0.3) is 5.91 Å². The molecule has 2 aromatic rings. The highest BCUT2D eigenvalue weighted by atomic mass is 16.5. The van der Waals surface area contributed by atoms with Crippen LogP contribution in [-0.2, 0) is 11.3 Å². The third-order valence-corrected chi connectivity index (χ3v) is 3.12. The van der Waals surface area contributed by atoms with Gasteiger partial charge in [-0.15, -0.1) is 0 Å². The quantitative estimate of drug-likeness (QED) is 0.863. The van der Waals surface area contributed by atoms with Gasteiger partial charge in [0.05, 0.1) is 5.69 Å². The Morgan fingerprint density at radius 2 is 1.95 bits per heavy atom. The van der Waals surface area contributed by atoms with E-state index >= 15 is 0 Å². The second kappa shape index (κ2) is 4.74. The van der Waals surface area contributed by atoms with Gasteiger partial charge in [-0.25, -0.2) is 0 Å². The van der Waals surface area contributed by atoms with Crippen molar-refractivity contribution in [2.75, 3.05) is 5.32 Å². The maximum atomic E-state index is 12.1. The number of ether oxygens (including phenoxy) is 1. The zero-order valence-electron chi connectivity index (χ0n) is 10.3. The van der Waals surface area contributed by atoms with Crippen molar-refractivity contribution >= 4 is 11.6 Å². The fourth-order valence-electron chi connectivity index (χ4n) is 2.13. The smallest absolute Gasteiger partial charge is 0.270 e. The van der Waals surface area contributed by atoms with Crippen LogP contribution in [0.4, 0.5) is 5.69 Å². The predicted molar refractivity (Wildman–Crippen MR) is 72.8 cm³/mol. The number of anilines is 1. The lowest BCUT2D eigenvalue weighted by atomic mass is 10.1. The number of carbonyl (C=O) groups is 1. The van der Waals surface area contributed by atoms with Crippen molar-refractivity contribution in [3.8, 4) is 5.75 Å². The van der Waals surface area contributed by atoms with E-state index in [1.807, 2.05) is 48.5 Å². The molecule has 0 fully saturated rings. The molecule has 96 valence electrons. The summed E-state index contributed by atoms with van der Waals surface area (Å²) < 4.78 is 5.78. The predicted octanol–water partition coefficient (Wildman–Crippen LogP) is 2.22. The first-order valence-electron chi connectivity index (χ1n) is 6.13. The molecule has 0 spiro atoms. The van der Waals surface area contributed by atoms with E-state index in [0.717, 1.165) is 11.1 Å². The highest BCUT2D eigenvalue weighted by molar-refractivity contribution is 5.98. The molecular weight excluding hydrogens is 240 g/mol. The van der Waals surface area contributed by atoms with Crippen LogP contribution in [0, 0.1) is 0 Å². The van der Waals surface area contributed by atoms with Gasteiger partial charge in [-0.05, 0) is 17.7 Å². The van der Waals surface area contributed by atoms with Gasteiger partial charge in [0.2, 0.25) is 6.10 Å². The number of benzene rings is 2. The van der Waals surface area contributed by atoms with Crippen LogP contribution in [0.15, 0.2) is 48.5 Å². The summed E-state index contributed by atoms with van der Waals surface area (Å²) in [6.07, 6.45) is -0.600. The summed E-state index contributed by atoms with van der Waals surface area (Å²) >= 11 is 0. The number of hydrogen-bond acceptors (Lipinski definition) is 3. The van der Waals surface area contributed by atoms with Crippen molar-refractivity contribution < 1.29 is 9.53 Å². The summed E-state index contributed by atoms with van der Waals surface area (Å²) in [7, 11) is 0. The fourth-order valence-corrected chi connectivity index (χ4v) is 2.13. The number of amides is 1. The Hall–Kier alpha value is -2.33. The zero-order valence-corrected chi connectivity index (χ0v) is 10.3. The molecule has 1 heterocycles. The third-order valence-electron chi connectivity index (χ3n) is 3.12. The van der Waals surface area contributed by atoms with Crippen LogP contribution in [0.3, 0.4) is 0 Å². The Balaban J connectivity index is 1.94. The molecular formula is C15H14N2O2. The third kappa shape index (κ3) is 2.18. The molecule has 1 unspecified atom stereocenters. The highest BCUT2D eigenvalue weighted by Gasteiger charge is 2.28. The summed E-state index contributed by atoms with van der Waals surface area (Å²) in [5, 5.41) is 2.86. The molecule has 0 saturated heterocycles. The lowest BCUT2D eigenvalue weighted by Gasteiger charge is -2.26. The Morgan fingerprint density at radius 1 is 1.16 bits per heavy atom. The van der Waals surface area contributed by atoms with Gasteiger partial charge in [-0.3, -0.25) is 4.79 Å². The van der Waals surface area contributed by atoms with Crippen molar-refractivity contribution in [2.45, 2.75) is 12.6 Å². The summed E-state index contributed by atoms with van der Waals surface area (Å²) in [6, 6.07) is 15.0. The summed E-state index contributed by atoms with van der Waals surface area (Å²) in [5.41, 5.74) is 8.06. The molecule has 4 heteroatoms. The van der Waals surface area contributed by atoms with Crippen LogP contribution in [0.1, 0.15) is 17.2 Å². The number of carbonyl (C=O) groups excluding carboxylic acids is 1. The number of hydrogen-bond donors (Lipinski definition) is 2. The lowest BCUT2D eigenvalue weighted by molar-refractivity contribution is -0.123. The standard InChI is InChI=1S/C15H14N2O2/c16-9-10-6-7-13-12(8-10)17-15(18)14(19-13)11-4-2-1-3-5-11/h1-8,14H,9,16H2,(H,17,18). The molecule has 1 aliphatic rings. The molecule has 0 radical (unpaired) electrons. The monoisotopic (exact) mass is 254 g/mol. The van der Waals surface area contributed by atoms with E-state index in [9.17, 15) is 4.79 Å². The average Bonchev–Trinajstić information content (AvgIpc) is 2.47. The maximum Gasteiger partial charge on any atom is 0.270 e. The molecule has 0 bridgehead atoms. The Labute approximate surface area is 111 Å². The molecule has 0 aliphatic carbocycles. The van der Waals surface area contributed by atoms with E-state index in [1.165, 1.54) is 0 Å². The van der Waals surface area contributed by atoms with Crippen LogP contribution >= 0.6 is 0 Å². The van der Waals surface area contributed by atoms with Crippen molar-refractivity contribution in [1.82, 2.24) is 0 Å². The van der Waals surface area contributed by atoms with E-state index in [1.54, 1.807) is 0 Å². The number of nitrogens with two attached hydrogens (primary N) is 1. The van der Waals surface area contributed by atoms with Crippen LogP contribution in [0.5, 0.6) is 5.75 Å². The molecule has 1 amide bonds. The Kier molecular flexibility index (Phi) is 2.93. The van der Waals surface area contributed by atoms with Crippen molar-refractivity contribution in [3.63, 3.8) is 0 Å². The second-order valence-corrected chi connectivity index (χ2v) is 4.43. The zero-order chi connectivity index (χ0) is 13.2. The van der Waals surface area contributed by atoms with Crippen molar-refractivity contribution in [2.24, 2.45) is 5.73 Å². The molecule has 0 aromatic heterocycles. The largest absolute Gasteiger partial charge is 0.474 e. The summed E-state index contributed by atoms with van der Waals surface area (Å²) in [4.78, 5) is 12.1. The minimum absolute atomic E-state index is 0.159. The van der Waals surface area contributed by atoms with E-state index in [-0.39, 0.29) is 5.91 Å². The Bertz CT molecular complexity index is 611. The van der Waals surface area contributed by atoms with E-state index in [2.05, 4.69) is 5.32 Å². The molecule has 1 aliphatic heterocycles. The first kappa shape index (κ1) is 11.7. The van der Waals surface area contributed by atoms with Crippen LogP contribution in [0.2, 0.25) is 0 Å². The van der Waals surface area contributed by atoms with Crippen molar-refractivity contribution in [3.05, 3.63) is 59.7 Å². The fraction of sp³-hybridized carbons (Fsp3) is 0.133. The normalized spacial score (nSPS) is 17.3. The van der Waals surface area contributed by atoms with Crippen LogP contribution < -0.4 is 15.8 Å². The SMILES string of the molecule is NCc1ccc2c(c1)NC(=O)C(c1ccccc1)O2. The van der Waals surface area contributed by atoms with Gasteiger partial charge in [-0.1, -0.05) is 36.4 Å². The molecule has 19 heavy (non-hydrogen) atoms. The van der Waals surface area contributed by atoms with Crippen LogP contribution in [0.25, 0.3) is 0 Å².